The number of hydrogen-bond acceptors (Lipinski definition) is 5. The zero-order valence-corrected chi connectivity index (χ0v) is 18.0. The number of hydrogen-bond donors (Lipinski definition) is 2. The lowest BCUT2D eigenvalue weighted by Gasteiger charge is -2.31. The highest BCUT2D eigenvalue weighted by Crippen LogP contribution is 2.27. The molecule has 1 amide bonds. The molecule has 0 unspecified atom stereocenters. The van der Waals surface area contributed by atoms with Crippen molar-refractivity contribution in [2.75, 3.05) is 30.4 Å². The van der Waals surface area contributed by atoms with Gasteiger partial charge >= 0.3 is 0 Å². The number of rotatable bonds is 8. The minimum atomic E-state index is 0.0772. The molecule has 6 nitrogen and oxygen atoms in total. The van der Waals surface area contributed by atoms with Crippen LogP contribution >= 0.6 is 0 Å². The summed E-state index contributed by atoms with van der Waals surface area (Å²) in [5.41, 5.74) is 2.95. The maximum absolute atomic E-state index is 12.6. The number of benzene rings is 2. The average molecular weight is 419 g/mol. The summed E-state index contributed by atoms with van der Waals surface area (Å²) >= 11 is 0. The van der Waals surface area contributed by atoms with Crippen molar-refractivity contribution in [3.8, 4) is 0 Å². The molecule has 2 N–H and O–H groups in total. The van der Waals surface area contributed by atoms with Crippen LogP contribution in [0.3, 0.4) is 0 Å². The van der Waals surface area contributed by atoms with E-state index in [-0.39, 0.29) is 5.91 Å². The van der Waals surface area contributed by atoms with E-state index in [1.165, 1.54) is 0 Å². The molecular formula is C25H30N4O2. The third kappa shape index (κ3) is 5.95. The number of anilines is 2. The van der Waals surface area contributed by atoms with Crippen molar-refractivity contribution in [1.82, 2.24) is 10.5 Å². The molecule has 4 rings (SSSR count). The third-order valence-corrected chi connectivity index (χ3v) is 5.94. The first-order valence-corrected chi connectivity index (χ1v) is 10.9. The van der Waals surface area contributed by atoms with Gasteiger partial charge in [-0.1, -0.05) is 41.6 Å². The second-order valence-electron chi connectivity index (χ2n) is 8.31. The Hall–Kier alpha value is -3.12. The van der Waals surface area contributed by atoms with Crippen LogP contribution in [0, 0.1) is 11.8 Å². The van der Waals surface area contributed by atoms with Gasteiger partial charge in [0.1, 0.15) is 0 Å². The Morgan fingerprint density at radius 2 is 1.87 bits per heavy atom. The van der Waals surface area contributed by atoms with Crippen molar-refractivity contribution >= 4 is 17.3 Å². The standard InChI is InChI=1S/C25H30N4O2/c1-29(23-10-6-3-7-11-23)18-24-16-22(28-31-24)14-20-17-26-13-12-19(20)15-25(30)27-21-8-4-2-5-9-21/h2-11,16,19-20,26H,12-15,17-18H2,1H3,(H,27,30)/t19-,20-/m0/s1. The molecule has 31 heavy (non-hydrogen) atoms. The Morgan fingerprint density at radius 1 is 1.13 bits per heavy atom. The number of piperidine rings is 1. The zero-order chi connectivity index (χ0) is 21.5. The second kappa shape index (κ2) is 10.3. The van der Waals surface area contributed by atoms with E-state index in [1.807, 2.05) is 55.6 Å². The molecule has 6 heteroatoms. The molecule has 1 aromatic heterocycles. The maximum atomic E-state index is 12.6. The molecule has 2 heterocycles. The van der Waals surface area contributed by atoms with Gasteiger partial charge < -0.3 is 20.1 Å². The van der Waals surface area contributed by atoms with Gasteiger partial charge in [0, 0.05) is 30.9 Å². The Kier molecular flexibility index (Phi) is 6.99. The zero-order valence-electron chi connectivity index (χ0n) is 18.0. The van der Waals surface area contributed by atoms with Crippen LogP contribution in [0.2, 0.25) is 0 Å². The molecule has 0 aliphatic carbocycles. The quantitative estimate of drug-likeness (QED) is 0.576. The Bertz CT molecular complexity index is 958. The summed E-state index contributed by atoms with van der Waals surface area (Å²) in [6, 6.07) is 21.9. The molecule has 0 saturated carbocycles. The molecule has 1 aliphatic rings. The fourth-order valence-corrected chi connectivity index (χ4v) is 4.26. The first-order valence-electron chi connectivity index (χ1n) is 10.9. The van der Waals surface area contributed by atoms with Crippen molar-refractivity contribution in [3.05, 3.63) is 78.2 Å². The molecule has 162 valence electrons. The molecular weight excluding hydrogens is 388 g/mol. The van der Waals surface area contributed by atoms with E-state index < -0.39 is 0 Å². The van der Waals surface area contributed by atoms with Gasteiger partial charge in [-0.05, 0) is 62.0 Å². The highest BCUT2D eigenvalue weighted by Gasteiger charge is 2.28. The maximum Gasteiger partial charge on any atom is 0.224 e. The summed E-state index contributed by atoms with van der Waals surface area (Å²) in [7, 11) is 2.05. The Balaban J connectivity index is 1.33. The molecule has 0 bridgehead atoms. The predicted molar refractivity (Wildman–Crippen MR) is 123 cm³/mol. The number of nitrogens with one attached hydrogen (secondary N) is 2. The van der Waals surface area contributed by atoms with Gasteiger partial charge in [-0.2, -0.15) is 0 Å². The molecule has 1 fully saturated rings. The molecule has 0 spiro atoms. The highest BCUT2D eigenvalue weighted by atomic mass is 16.5. The topological polar surface area (TPSA) is 70.4 Å². The van der Waals surface area contributed by atoms with Gasteiger partial charge in [0.05, 0.1) is 12.2 Å². The number of carbonyl (C=O) groups excluding carboxylic acids is 1. The highest BCUT2D eigenvalue weighted by molar-refractivity contribution is 5.90. The number of amides is 1. The first-order chi connectivity index (χ1) is 15.2. The van der Waals surface area contributed by atoms with Crippen molar-refractivity contribution in [2.45, 2.75) is 25.8 Å². The largest absolute Gasteiger partial charge is 0.367 e. The fraction of sp³-hybridized carbons (Fsp3) is 0.360. The van der Waals surface area contributed by atoms with E-state index in [4.69, 9.17) is 4.52 Å². The summed E-state index contributed by atoms with van der Waals surface area (Å²) in [6.07, 6.45) is 2.34. The summed E-state index contributed by atoms with van der Waals surface area (Å²) < 4.78 is 5.60. The molecule has 2 aromatic carbocycles. The minimum Gasteiger partial charge on any atom is -0.367 e. The van der Waals surface area contributed by atoms with Crippen LogP contribution in [-0.2, 0) is 17.8 Å². The smallest absolute Gasteiger partial charge is 0.224 e. The van der Waals surface area contributed by atoms with E-state index in [1.54, 1.807) is 0 Å². The number of para-hydroxylation sites is 2. The van der Waals surface area contributed by atoms with Crippen molar-refractivity contribution in [2.24, 2.45) is 11.8 Å². The monoisotopic (exact) mass is 418 g/mol. The van der Waals surface area contributed by atoms with Crippen LogP contribution in [0.15, 0.2) is 71.3 Å². The van der Waals surface area contributed by atoms with Crippen LogP contribution in [0.25, 0.3) is 0 Å². The van der Waals surface area contributed by atoms with Gasteiger partial charge in [-0.25, -0.2) is 0 Å². The van der Waals surface area contributed by atoms with E-state index in [2.05, 4.69) is 38.9 Å². The van der Waals surface area contributed by atoms with Gasteiger partial charge in [0.2, 0.25) is 5.91 Å². The van der Waals surface area contributed by atoms with Gasteiger partial charge in [0.25, 0.3) is 0 Å². The second-order valence-corrected chi connectivity index (χ2v) is 8.31. The predicted octanol–water partition coefficient (Wildman–Crippen LogP) is 4.11. The molecule has 0 radical (unpaired) electrons. The van der Waals surface area contributed by atoms with Crippen LogP contribution in [0.4, 0.5) is 11.4 Å². The van der Waals surface area contributed by atoms with E-state index >= 15 is 0 Å². The van der Waals surface area contributed by atoms with Crippen LogP contribution in [0.5, 0.6) is 0 Å². The normalized spacial score (nSPS) is 18.5. The number of carbonyl (C=O) groups is 1. The van der Waals surface area contributed by atoms with Crippen molar-refractivity contribution in [3.63, 3.8) is 0 Å². The Morgan fingerprint density at radius 3 is 2.65 bits per heavy atom. The minimum absolute atomic E-state index is 0.0772. The lowest BCUT2D eigenvalue weighted by atomic mass is 9.81. The van der Waals surface area contributed by atoms with Gasteiger partial charge in [-0.3, -0.25) is 4.79 Å². The lowest BCUT2D eigenvalue weighted by molar-refractivity contribution is -0.117. The SMILES string of the molecule is CN(Cc1cc(C[C@H]2CNCC[C@H]2CC(=O)Nc2ccccc2)no1)c1ccccc1. The lowest BCUT2D eigenvalue weighted by Crippen LogP contribution is -2.39. The van der Waals surface area contributed by atoms with Gasteiger partial charge in [0.15, 0.2) is 5.76 Å². The third-order valence-electron chi connectivity index (χ3n) is 5.94. The van der Waals surface area contributed by atoms with E-state index in [0.717, 1.165) is 48.8 Å². The number of aromatic nitrogens is 1. The first kappa shape index (κ1) is 21.1. The molecule has 3 aromatic rings. The van der Waals surface area contributed by atoms with Crippen molar-refractivity contribution in [1.29, 1.82) is 0 Å². The number of nitrogens with zero attached hydrogens (tertiary/aromatic N) is 2. The van der Waals surface area contributed by atoms with Crippen LogP contribution in [-0.4, -0.2) is 31.2 Å². The van der Waals surface area contributed by atoms with Crippen LogP contribution < -0.4 is 15.5 Å². The van der Waals surface area contributed by atoms with E-state index in [0.29, 0.717) is 24.8 Å². The van der Waals surface area contributed by atoms with Crippen LogP contribution in [0.1, 0.15) is 24.3 Å². The summed E-state index contributed by atoms with van der Waals surface area (Å²) in [5.74, 6) is 1.62. The summed E-state index contributed by atoms with van der Waals surface area (Å²) in [4.78, 5) is 14.7. The molecule has 2 atom stereocenters. The summed E-state index contributed by atoms with van der Waals surface area (Å²) in [5, 5.41) is 10.8. The fourth-order valence-electron chi connectivity index (χ4n) is 4.26. The van der Waals surface area contributed by atoms with Crippen molar-refractivity contribution < 1.29 is 9.32 Å². The van der Waals surface area contributed by atoms with E-state index in [9.17, 15) is 4.79 Å². The molecule has 1 saturated heterocycles. The molecule has 1 aliphatic heterocycles. The average Bonchev–Trinajstić information content (AvgIpc) is 3.23. The van der Waals surface area contributed by atoms with Gasteiger partial charge in [-0.15, -0.1) is 0 Å². The summed E-state index contributed by atoms with van der Waals surface area (Å²) in [6.45, 7) is 2.52. The Labute approximate surface area is 183 Å².